The molecule has 0 unspecified atom stereocenters. The molecule has 0 amide bonds. The lowest BCUT2D eigenvalue weighted by molar-refractivity contribution is 0.967. The first-order valence-electron chi connectivity index (χ1n) is 8.35. The third-order valence-electron chi connectivity index (χ3n) is 4.63. The van der Waals surface area contributed by atoms with E-state index < -0.39 is 0 Å². The molecule has 0 atom stereocenters. The second-order valence-corrected chi connectivity index (χ2v) is 6.10. The van der Waals surface area contributed by atoms with E-state index in [2.05, 4.69) is 59.2 Å². The number of nitrogens with zero attached hydrogens (tertiary/aromatic N) is 1. The van der Waals surface area contributed by atoms with Gasteiger partial charge in [0.2, 0.25) is 0 Å². The first-order valence-corrected chi connectivity index (χ1v) is 8.35. The van der Waals surface area contributed by atoms with Crippen LogP contribution < -0.4 is 11.5 Å². The summed E-state index contributed by atoms with van der Waals surface area (Å²) in [6, 6.07) is 17.0. The Bertz CT molecular complexity index is 946. The van der Waals surface area contributed by atoms with Crippen molar-refractivity contribution >= 4 is 22.7 Å². The third kappa shape index (κ3) is 2.34. The van der Waals surface area contributed by atoms with Crippen molar-refractivity contribution in [3.8, 4) is 5.69 Å². The highest BCUT2D eigenvalue weighted by atomic mass is 15.0. The molecule has 0 fully saturated rings. The van der Waals surface area contributed by atoms with Crippen molar-refractivity contribution in [1.29, 1.82) is 0 Å². The number of para-hydroxylation sites is 1. The van der Waals surface area contributed by atoms with Gasteiger partial charge in [0.15, 0.2) is 0 Å². The standard InChI is InChI=1S/C21H21N3/c22-13-12-19(23)15-10-11-21-18(14-15)17-8-4-5-9-20(17)24(21)16-6-2-1-3-7-16/h1-3,5-7,9-12,14H,4,8,13,22-23H2/b19-12-. The molecule has 0 radical (unpaired) electrons. The highest BCUT2D eigenvalue weighted by Gasteiger charge is 2.18. The molecule has 0 saturated heterocycles. The molecule has 0 bridgehead atoms. The van der Waals surface area contributed by atoms with Crippen LogP contribution in [0.1, 0.15) is 23.2 Å². The molecule has 3 nitrogen and oxygen atoms in total. The summed E-state index contributed by atoms with van der Waals surface area (Å²) >= 11 is 0. The van der Waals surface area contributed by atoms with Crippen molar-refractivity contribution in [3.05, 3.63) is 77.5 Å². The molecular weight excluding hydrogens is 294 g/mol. The van der Waals surface area contributed by atoms with Crippen molar-refractivity contribution in [2.75, 3.05) is 6.54 Å². The van der Waals surface area contributed by atoms with E-state index >= 15 is 0 Å². The summed E-state index contributed by atoms with van der Waals surface area (Å²) < 4.78 is 2.34. The minimum absolute atomic E-state index is 0.454. The average Bonchev–Trinajstić information content (AvgIpc) is 2.96. The fourth-order valence-electron chi connectivity index (χ4n) is 3.52. The fraction of sp³-hybridized carbons (Fsp3) is 0.143. The second-order valence-electron chi connectivity index (χ2n) is 6.10. The van der Waals surface area contributed by atoms with E-state index in [4.69, 9.17) is 11.5 Å². The van der Waals surface area contributed by atoms with Crippen LogP contribution in [-0.2, 0) is 6.42 Å². The van der Waals surface area contributed by atoms with E-state index in [1.54, 1.807) is 0 Å². The van der Waals surface area contributed by atoms with Crippen molar-refractivity contribution in [3.63, 3.8) is 0 Å². The molecule has 0 spiro atoms. The van der Waals surface area contributed by atoms with Crippen LogP contribution in [0.5, 0.6) is 0 Å². The van der Waals surface area contributed by atoms with Gasteiger partial charge in [-0.05, 0) is 60.4 Å². The summed E-state index contributed by atoms with van der Waals surface area (Å²) in [5, 5.41) is 1.28. The third-order valence-corrected chi connectivity index (χ3v) is 4.63. The van der Waals surface area contributed by atoms with Gasteiger partial charge >= 0.3 is 0 Å². The van der Waals surface area contributed by atoms with Crippen LogP contribution in [0, 0.1) is 0 Å². The van der Waals surface area contributed by atoms with Crippen molar-refractivity contribution in [2.24, 2.45) is 11.5 Å². The topological polar surface area (TPSA) is 57.0 Å². The summed E-state index contributed by atoms with van der Waals surface area (Å²) in [7, 11) is 0. The van der Waals surface area contributed by atoms with Crippen LogP contribution in [0.2, 0.25) is 0 Å². The molecule has 3 aromatic rings. The summed E-state index contributed by atoms with van der Waals surface area (Å²) in [6.07, 6.45) is 8.50. The molecule has 1 aliphatic carbocycles. The molecule has 0 aliphatic heterocycles. The van der Waals surface area contributed by atoms with Crippen LogP contribution in [0.15, 0.2) is 60.7 Å². The van der Waals surface area contributed by atoms with Crippen LogP contribution in [0.25, 0.3) is 28.4 Å². The van der Waals surface area contributed by atoms with Crippen molar-refractivity contribution in [1.82, 2.24) is 4.57 Å². The Morgan fingerprint density at radius 3 is 2.75 bits per heavy atom. The minimum atomic E-state index is 0.454. The number of allylic oxidation sites excluding steroid dienone is 1. The van der Waals surface area contributed by atoms with E-state index in [9.17, 15) is 0 Å². The van der Waals surface area contributed by atoms with E-state index in [1.807, 2.05) is 12.1 Å². The van der Waals surface area contributed by atoms with Crippen LogP contribution >= 0.6 is 0 Å². The number of aromatic nitrogens is 1. The second kappa shape index (κ2) is 6.02. The quantitative estimate of drug-likeness (QED) is 0.771. The zero-order valence-corrected chi connectivity index (χ0v) is 13.6. The largest absolute Gasteiger partial charge is 0.398 e. The maximum atomic E-state index is 6.15. The molecule has 1 aromatic heterocycles. The van der Waals surface area contributed by atoms with Gasteiger partial charge in [-0.1, -0.05) is 30.3 Å². The van der Waals surface area contributed by atoms with Gasteiger partial charge in [0.1, 0.15) is 0 Å². The predicted octanol–water partition coefficient (Wildman–Crippen LogP) is 3.85. The number of fused-ring (bicyclic) bond motifs is 3. The molecule has 24 heavy (non-hydrogen) atoms. The number of nitrogens with two attached hydrogens (primary N) is 2. The zero-order chi connectivity index (χ0) is 16.5. The van der Waals surface area contributed by atoms with Crippen LogP contribution in [0.4, 0.5) is 0 Å². The Balaban J connectivity index is 2.01. The Morgan fingerprint density at radius 2 is 1.96 bits per heavy atom. The highest BCUT2D eigenvalue weighted by Crippen LogP contribution is 2.34. The Hall–Kier alpha value is -2.78. The van der Waals surface area contributed by atoms with Crippen LogP contribution in [0.3, 0.4) is 0 Å². The van der Waals surface area contributed by atoms with E-state index in [0.717, 1.165) is 24.1 Å². The normalized spacial score (nSPS) is 14.1. The first-order chi connectivity index (χ1) is 11.8. The fourth-order valence-corrected chi connectivity index (χ4v) is 3.52. The SMILES string of the molecule is NC/C=C(\N)c1ccc2c(c1)c1c(n2-c2ccccc2)C=CCC1. The minimum Gasteiger partial charge on any atom is -0.398 e. The highest BCUT2D eigenvalue weighted by molar-refractivity contribution is 5.92. The molecule has 120 valence electrons. The number of hydrogen-bond acceptors (Lipinski definition) is 2. The van der Waals surface area contributed by atoms with Gasteiger partial charge < -0.3 is 16.0 Å². The summed E-state index contributed by atoms with van der Waals surface area (Å²) in [5.74, 6) is 0. The van der Waals surface area contributed by atoms with Crippen LogP contribution in [-0.4, -0.2) is 11.1 Å². The monoisotopic (exact) mass is 315 g/mol. The zero-order valence-electron chi connectivity index (χ0n) is 13.6. The maximum Gasteiger partial charge on any atom is 0.0538 e. The summed E-state index contributed by atoms with van der Waals surface area (Å²) in [4.78, 5) is 0. The van der Waals surface area contributed by atoms with Gasteiger partial charge in [0.05, 0.1) is 5.52 Å². The van der Waals surface area contributed by atoms with Gasteiger partial charge in [-0.15, -0.1) is 0 Å². The summed E-state index contributed by atoms with van der Waals surface area (Å²) in [5.41, 5.74) is 18.6. The van der Waals surface area contributed by atoms with E-state index in [1.165, 1.54) is 27.8 Å². The van der Waals surface area contributed by atoms with Crippen molar-refractivity contribution < 1.29 is 0 Å². The van der Waals surface area contributed by atoms with Gasteiger partial charge in [0, 0.05) is 29.0 Å². The molecule has 2 aromatic carbocycles. The van der Waals surface area contributed by atoms with E-state index in [-0.39, 0.29) is 0 Å². The number of rotatable bonds is 3. The Morgan fingerprint density at radius 1 is 1.12 bits per heavy atom. The number of aryl methyl sites for hydroxylation is 1. The lowest BCUT2D eigenvalue weighted by atomic mass is 9.99. The molecule has 4 rings (SSSR count). The van der Waals surface area contributed by atoms with Gasteiger partial charge in [0.25, 0.3) is 0 Å². The molecule has 1 aliphatic rings. The van der Waals surface area contributed by atoms with E-state index in [0.29, 0.717) is 6.54 Å². The Kier molecular flexibility index (Phi) is 3.71. The molecular formula is C21H21N3. The van der Waals surface area contributed by atoms with Gasteiger partial charge in [-0.3, -0.25) is 0 Å². The lowest BCUT2D eigenvalue weighted by Gasteiger charge is -2.11. The summed E-state index contributed by atoms with van der Waals surface area (Å²) in [6.45, 7) is 0.454. The molecule has 3 heteroatoms. The number of hydrogen-bond donors (Lipinski definition) is 2. The average molecular weight is 315 g/mol. The first kappa shape index (κ1) is 14.8. The van der Waals surface area contributed by atoms with Gasteiger partial charge in [-0.2, -0.15) is 0 Å². The smallest absolute Gasteiger partial charge is 0.0538 e. The van der Waals surface area contributed by atoms with Gasteiger partial charge in [-0.25, -0.2) is 0 Å². The maximum absolute atomic E-state index is 6.15. The predicted molar refractivity (Wildman–Crippen MR) is 102 cm³/mol. The van der Waals surface area contributed by atoms with Crippen molar-refractivity contribution in [2.45, 2.75) is 12.8 Å². The number of benzene rings is 2. The lowest BCUT2D eigenvalue weighted by Crippen LogP contribution is -2.02. The molecule has 4 N–H and O–H groups in total. The molecule has 1 heterocycles. The molecule has 0 saturated carbocycles. The Labute approximate surface area is 141 Å².